The van der Waals surface area contributed by atoms with Crippen LogP contribution in [0.25, 0.3) is 10.8 Å². The van der Waals surface area contributed by atoms with Crippen LogP contribution in [-0.2, 0) is 13.2 Å². The Morgan fingerprint density at radius 1 is 1.07 bits per heavy atom. The first kappa shape index (κ1) is 20.2. The molecule has 0 radical (unpaired) electrons. The predicted octanol–water partition coefficient (Wildman–Crippen LogP) is 5.65. The summed E-state index contributed by atoms with van der Waals surface area (Å²) < 4.78 is 6.24. The molecule has 3 nitrogen and oxygen atoms in total. The summed E-state index contributed by atoms with van der Waals surface area (Å²) in [5, 5.41) is 6.93. The largest absolute Gasteiger partial charge is 0.488 e. The van der Waals surface area contributed by atoms with E-state index in [0.717, 1.165) is 36.0 Å². The van der Waals surface area contributed by atoms with E-state index in [1.54, 1.807) is 0 Å². The van der Waals surface area contributed by atoms with Crippen LogP contribution in [-0.4, -0.2) is 30.6 Å². The third kappa shape index (κ3) is 4.75. The topological polar surface area (TPSA) is 24.5 Å². The van der Waals surface area contributed by atoms with Crippen molar-refractivity contribution in [1.29, 1.82) is 0 Å². The van der Waals surface area contributed by atoms with E-state index >= 15 is 0 Å². The zero-order chi connectivity index (χ0) is 20.1. The number of likely N-dealkylation sites (tertiary alicyclic amines) is 1. The van der Waals surface area contributed by atoms with Crippen molar-refractivity contribution in [1.82, 2.24) is 10.2 Å². The molecule has 0 amide bonds. The molecule has 0 aromatic heterocycles. The molecule has 1 aliphatic heterocycles. The van der Waals surface area contributed by atoms with Gasteiger partial charge in [-0.2, -0.15) is 0 Å². The van der Waals surface area contributed by atoms with Gasteiger partial charge in [-0.15, -0.1) is 0 Å². The number of benzene rings is 3. The number of rotatable bonds is 8. The fraction of sp³-hybridized carbons (Fsp3) is 0.360. The lowest BCUT2D eigenvalue weighted by Gasteiger charge is -2.23. The summed E-state index contributed by atoms with van der Waals surface area (Å²) in [6, 6.07) is 21.2. The molecule has 29 heavy (non-hydrogen) atoms. The lowest BCUT2D eigenvalue weighted by Crippen LogP contribution is -2.37. The van der Waals surface area contributed by atoms with E-state index in [1.807, 2.05) is 24.3 Å². The molecular formula is C25H29ClN2O. The second-order valence-electron chi connectivity index (χ2n) is 7.70. The molecule has 0 bridgehead atoms. The average Bonchev–Trinajstić information content (AvgIpc) is 3.21. The number of halogens is 1. The minimum absolute atomic E-state index is 0.469. The molecule has 1 heterocycles. The maximum atomic E-state index is 6.31. The van der Waals surface area contributed by atoms with Crippen LogP contribution in [0, 0.1) is 0 Å². The summed E-state index contributed by atoms with van der Waals surface area (Å²) in [5.41, 5.74) is 2.22. The lowest BCUT2D eigenvalue weighted by atomic mass is 10.0. The smallest absolute Gasteiger partial charge is 0.124 e. The highest BCUT2D eigenvalue weighted by atomic mass is 35.5. The fourth-order valence-corrected chi connectivity index (χ4v) is 4.50. The molecule has 0 aliphatic carbocycles. The summed E-state index contributed by atoms with van der Waals surface area (Å²) in [6.45, 7) is 6.89. The Hall–Kier alpha value is -2.07. The van der Waals surface area contributed by atoms with Gasteiger partial charge in [-0.25, -0.2) is 0 Å². The predicted molar refractivity (Wildman–Crippen MR) is 122 cm³/mol. The van der Waals surface area contributed by atoms with E-state index in [4.69, 9.17) is 16.3 Å². The second-order valence-corrected chi connectivity index (χ2v) is 8.11. The highest BCUT2D eigenvalue weighted by Crippen LogP contribution is 2.29. The number of nitrogens with zero attached hydrogens (tertiary/aromatic N) is 1. The first-order valence-corrected chi connectivity index (χ1v) is 11.0. The molecule has 0 saturated carbocycles. The highest BCUT2D eigenvalue weighted by Gasteiger charge is 2.22. The first-order valence-electron chi connectivity index (χ1n) is 10.6. The van der Waals surface area contributed by atoms with Gasteiger partial charge in [-0.1, -0.05) is 67.1 Å². The molecule has 0 spiro atoms. The standard InChI is InChI=1S/C25H29ClN2O/c1-2-28-15-7-10-21(28)16-27-17-23-22-11-5-3-8-19(22)13-14-25(23)29-18-20-9-4-6-12-24(20)26/h3-6,8-9,11-14,21,27H,2,7,10,15-18H2,1H3/t21-/m1/s1. The Bertz CT molecular complexity index is 958. The fourth-order valence-electron chi connectivity index (χ4n) is 4.31. The molecule has 1 aliphatic rings. The monoisotopic (exact) mass is 408 g/mol. The number of hydrogen-bond acceptors (Lipinski definition) is 3. The Morgan fingerprint density at radius 3 is 2.76 bits per heavy atom. The number of fused-ring (bicyclic) bond motifs is 1. The molecule has 4 rings (SSSR count). The quantitative estimate of drug-likeness (QED) is 0.521. The van der Waals surface area contributed by atoms with Gasteiger partial charge in [-0.3, -0.25) is 4.90 Å². The van der Waals surface area contributed by atoms with Crippen LogP contribution >= 0.6 is 11.6 Å². The Kier molecular flexibility index (Phi) is 6.70. The van der Waals surface area contributed by atoms with Crippen LogP contribution in [0.15, 0.2) is 60.7 Å². The molecule has 1 N–H and O–H groups in total. The normalized spacial score (nSPS) is 17.1. The van der Waals surface area contributed by atoms with Crippen molar-refractivity contribution in [2.75, 3.05) is 19.6 Å². The molecule has 1 fully saturated rings. The summed E-state index contributed by atoms with van der Waals surface area (Å²) in [4.78, 5) is 2.57. The van der Waals surface area contributed by atoms with Gasteiger partial charge in [0.2, 0.25) is 0 Å². The summed E-state index contributed by atoms with van der Waals surface area (Å²) in [7, 11) is 0. The van der Waals surface area contributed by atoms with Crippen LogP contribution in [0.2, 0.25) is 5.02 Å². The highest BCUT2D eigenvalue weighted by molar-refractivity contribution is 6.31. The summed E-state index contributed by atoms with van der Waals surface area (Å²) in [5.74, 6) is 0.926. The maximum Gasteiger partial charge on any atom is 0.124 e. The van der Waals surface area contributed by atoms with Gasteiger partial charge in [0, 0.05) is 35.3 Å². The van der Waals surface area contributed by atoms with Gasteiger partial charge in [-0.05, 0) is 48.8 Å². The van der Waals surface area contributed by atoms with E-state index in [-0.39, 0.29) is 0 Å². The minimum atomic E-state index is 0.469. The zero-order valence-corrected chi connectivity index (χ0v) is 17.8. The molecule has 152 valence electrons. The van der Waals surface area contributed by atoms with Crippen molar-refractivity contribution < 1.29 is 4.74 Å². The van der Waals surface area contributed by atoms with Gasteiger partial charge in [0.15, 0.2) is 0 Å². The maximum absolute atomic E-state index is 6.31. The average molecular weight is 409 g/mol. The number of nitrogens with one attached hydrogen (secondary N) is 1. The second kappa shape index (κ2) is 9.62. The van der Waals surface area contributed by atoms with Gasteiger partial charge < -0.3 is 10.1 Å². The molecule has 3 aromatic carbocycles. The van der Waals surface area contributed by atoms with Gasteiger partial charge in [0.25, 0.3) is 0 Å². The molecule has 1 atom stereocenters. The van der Waals surface area contributed by atoms with E-state index in [2.05, 4.69) is 53.5 Å². The molecule has 4 heteroatoms. The summed E-state index contributed by atoms with van der Waals surface area (Å²) >= 11 is 6.31. The van der Waals surface area contributed by atoms with Crippen molar-refractivity contribution in [3.63, 3.8) is 0 Å². The Morgan fingerprint density at radius 2 is 1.90 bits per heavy atom. The van der Waals surface area contributed by atoms with E-state index in [9.17, 15) is 0 Å². The Balaban J connectivity index is 1.52. The molecular weight excluding hydrogens is 380 g/mol. The van der Waals surface area contributed by atoms with Crippen LogP contribution in [0.5, 0.6) is 5.75 Å². The van der Waals surface area contributed by atoms with Crippen LogP contribution in [0.3, 0.4) is 0 Å². The minimum Gasteiger partial charge on any atom is -0.488 e. The first-order chi connectivity index (χ1) is 14.3. The van der Waals surface area contributed by atoms with E-state index in [1.165, 1.54) is 35.7 Å². The van der Waals surface area contributed by atoms with Crippen LogP contribution < -0.4 is 10.1 Å². The molecule has 0 unspecified atom stereocenters. The number of hydrogen-bond donors (Lipinski definition) is 1. The van der Waals surface area contributed by atoms with Gasteiger partial charge in [0.05, 0.1) is 0 Å². The van der Waals surface area contributed by atoms with Crippen LogP contribution in [0.4, 0.5) is 0 Å². The number of likely N-dealkylation sites (N-methyl/N-ethyl adjacent to an activating group) is 1. The third-order valence-corrected chi connectivity index (χ3v) is 6.29. The third-order valence-electron chi connectivity index (χ3n) is 5.93. The van der Waals surface area contributed by atoms with Crippen molar-refractivity contribution in [2.24, 2.45) is 0 Å². The van der Waals surface area contributed by atoms with Gasteiger partial charge >= 0.3 is 0 Å². The number of ether oxygens (including phenoxy) is 1. The SMILES string of the molecule is CCN1CCC[C@@H]1CNCc1c(OCc2ccccc2Cl)ccc2ccccc12. The summed E-state index contributed by atoms with van der Waals surface area (Å²) in [6.07, 6.45) is 2.59. The molecule has 3 aromatic rings. The van der Waals surface area contributed by atoms with E-state index in [0.29, 0.717) is 12.6 Å². The van der Waals surface area contributed by atoms with Crippen molar-refractivity contribution in [3.05, 3.63) is 76.8 Å². The van der Waals surface area contributed by atoms with Gasteiger partial charge in [0.1, 0.15) is 12.4 Å². The Labute approximate surface area is 178 Å². The van der Waals surface area contributed by atoms with Crippen molar-refractivity contribution in [3.8, 4) is 5.75 Å². The van der Waals surface area contributed by atoms with Crippen molar-refractivity contribution in [2.45, 2.75) is 39.0 Å². The molecule has 1 saturated heterocycles. The van der Waals surface area contributed by atoms with Crippen molar-refractivity contribution >= 4 is 22.4 Å². The van der Waals surface area contributed by atoms with E-state index < -0.39 is 0 Å². The zero-order valence-electron chi connectivity index (χ0n) is 17.0. The van der Waals surface area contributed by atoms with Crippen LogP contribution in [0.1, 0.15) is 30.9 Å². The lowest BCUT2D eigenvalue weighted by molar-refractivity contribution is 0.259.